The number of sulfonamides is 1. The summed E-state index contributed by atoms with van der Waals surface area (Å²) in [6.07, 6.45) is 0. The second-order valence-electron chi connectivity index (χ2n) is 5.64. The monoisotopic (exact) mass is 383 g/mol. The summed E-state index contributed by atoms with van der Waals surface area (Å²) in [6, 6.07) is 14.7. The Morgan fingerprint density at radius 3 is 2.48 bits per heavy atom. The summed E-state index contributed by atoms with van der Waals surface area (Å²) in [5.74, 6) is -0.598. The summed E-state index contributed by atoms with van der Waals surface area (Å²) in [4.78, 5) is 12.6. The van der Waals surface area contributed by atoms with Crippen LogP contribution in [-0.2, 0) is 14.8 Å². The Kier molecular flexibility index (Phi) is 3.96. The van der Waals surface area contributed by atoms with E-state index in [9.17, 15) is 13.2 Å². The highest BCUT2D eigenvalue weighted by atomic mass is 32.2. The molecule has 0 fully saturated rings. The third-order valence-corrected chi connectivity index (χ3v) is 5.88. The third kappa shape index (κ3) is 2.75. The number of nitrogens with one attached hydrogen (secondary N) is 1. The van der Waals surface area contributed by atoms with Gasteiger partial charge in [0.15, 0.2) is 5.76 Å². The van der Waals surface area contributed by atoms with Gasteiger partial charge in [-0.05, 0) is 29.5 Å². The van der Waals surface area contributed by atoms with E-state index in [0.29, 0.717) is 5.56 Å². The van der Waals surface area contributed by atoms with Crippen molar-refractivity contribution < 1.29 is 17.9 Å². The van der Waals surface area contributed by atoms with Gasteiger partial charge in [0.1, 0.15) is 5.70 Å². The number of hydrogen-bond donors (Lipinski definition) is 1. The summed E-state index contributed by atoms with van der Waals surface area (Å²) < 4.78 is 32.3. The summed E-state index contributed by atoms with van der Waals surface area (Å²) in [5, 5.41) is 13.5. The molecule has 9 nitrogen and oxygen atoms in total. The van der Waals surface area contributed by atoms with Crippen molar-refractivity contribution >= 4 is 27.4 Å². The van der Waals surface area contributed by atoms with E-state index in [1.807, 2.05) is 0 Å². The summed E-state index contributed by atoms with van der Waals surface area (Å²) in [7, 11) is -2.53. The zero-order valence-electron chi connectivity index (χ0n) is 14.0. The SMILES string of the molecule is CN1C(c2nn[nH]n2)=C(OC(=O)c2ccccc2)c2ccccc2S1(=O)=O. The van der Waals surface area contributed by atoms with Crippen molar-refractivity contribution in [3.05, 3.63) is 71.5 Å². The molecule has 2 aromatic carbocycles. The Hall–Kier alpha value is -3.53. The minimum Gasteiger partial charge on any atom is -0.420 e. The predicted octanol–water partition coefficient (Wildman–Crippen LogP) is 1.52. The largest absolute Gasteiger partial charge is 0.420 e. The lowest BCUT2D eigenvalue weighted by Crippen LogP contribution is -2.32. The van der Waals surface area contributed by atoms with Crippen molar-refractivity contribution in [3.63, 3.8) is 0 Å². The lowest BCUT2D eigenvalue weighted by Gasteiger charge is -2.29. The van der Waals surface area contributed by atoms with E-state index in [4.69, 9.17) is 4.74 Å². The van der Waals surface area contributed by atoms with E-state index >= 15 is 0 Å². The maximum absolute atomic E-state index is 12.9. The number of ether oxygens (including phenoxy) is 1. The first-order valence-corrected chi connectivity index (χ1v) is 9.28. The van der Waals surface area contributed by atoms with Gasteiger partial charge in [0.05, 0.1) is 10.5 Å². The minimum atomic E-state index is -3.87. The molecule has 1 aliphatic heterocycles. The Morgan fingerprint density at radius 1 is 1.07 bits per heavy atom. The van der Waals surface area contributed by atoms with Crippen molar-refractivity contribution in [2.24, 2.45) is 0 Å². The highest BCUT2D eigenvalue weighted by Gasteiger charge is 2.38. The maximum Gasteiger partial charge on any atom is 0.343 e. The smallest absolute Gasteiger partial charge is 0.343 e. The number of benzene rings is 2. The number of carbonyl (C=O) groups excluding carboxylic acids is 1. The molecule has 10 heteroatoms. The van der Waals surface area contributed by atoms with Crippen LogP contribution in [-0.4, -0.2) is 46.4 Å². The first kappa shape index (κ1) is 16.9. The van der Waals surface area contributed by atoms with E-state index in [1.165, 1.54) is 13.1 Å². The second-order valence-corrected chi connectivity index (χ2v) is 7.58. The maximum atomic E-state index is 12.9. The Labute approximate surface area is 154 Å². The highest BCUT2D eigenvalue weighted by Crippen LogP contribution is 2.40. The predicted molar refractivity (Wildman–Crippen MR) is 94.2 cm³/mol. The van der Waals surface area contributed by atoms with E-state index in [-0.39, 0.29) is 27.7 Å². The Balaban J connectivity index is 1.93. The van der Waals surface area contributed by atoms with Crippen molar-refractivity contribution in [2.75, 3.05) is 7.05 Å². The number of rotatable bonds is 3. The topological polar surface area (TPSA) is 118 Å². The van der Waals surface area contributed by atoms with Crippen molar-refractivity contribution in [2.45, 2.75) is 4.90 Å². The van der Waals surface area contributed by atoms with Gasteiger partial charge in [0.2, 0.25) is 5.82 Å². The van der Waals surface area contributed by atoms with Gasteiger partial charge in [0, 0.05) is 12.6 Å². The molecule has 0 spiro atoms. The van der Waals surface area contributed by atoms with Crippen LogP contribution < -0.4 is 0 Å². The van der Waals surface area contributed by atoms with Crippen LogP contribution in [0.4, 0.5) is 0 Å². The van der Waals surface area contributed by atoms with E-state index in [0.717, 1.165) is 4.31 Å². The fourth-order valence-electron chi connectivity index (χ4n) is 2.75. The van der Waals surface area contributed by atoms with Crippen LogP contribution in [0.1, 0.15) is 21.7 Å². The van der Waals surface area contributed by atoms with E-state index in [1.54, 1.807) is 48.5 Å². The van der Waals surface area contributed by atoms with Crippen LogP contribution >= 0.6 is 0 Å². The van der Waals surface area contributed by atoms with Crippen LogP contribution in [0.3, 0.4) is 0 Å². The van der Waals surface area contributed by atoms with Gasteiger partial charge >= 0.3 is 5.97 Å². The van der Waals surface area contributed by atoms with Gasteiger partial charge in [-0.25, -0.2) is 13.2 Å². The molecule has 0 saturated carbocycles. The average molecular weight is 383 g/mol. The number of H-pyrrole nitrogens is 1. The van der Waals surface area contributed by atoms with Crippen molar-refractivity contribution in [3.8, 4) is 0 Å². The molecule has 3 aromatic rings. The molecule has 1 aliphatic rings. The molecule has 0 radical (unpaired) electrons. The summed E-state index contributed by atoms with van der Waals surface area (Å²) >= 11 is 0. The molecule has 27 heavy (non-hydrogen) atoms. The average Bonchev–Trinajstić information content (AvgIpc) is 3.21. The second kappa shape index (κ2) is 6.32. The van der Waals surface area contributed by atoms with E-state index in [2.05, 4.69) is 20.6 Å². The standard InChI is InChI=1S/C17H13N5O4S/c1-22-14(16-18-20-21-19-16)15(26-17(23)11-7-3-2-4-8-11)12-9-5-6-10-13(12)27(22,24)25/h2-10H,1H3,(H,18,19,20,21). The molecule has 2 heterocycles. The molecule has 0 bridgehead atoms. The summed E-state index contributed by atoms with van der Waals surface area (Å²) in [5.41, 5.74) is 0.595. The van der Waals surface area contributed by atoms with Gasteiger partial charge in [-0.3, -0.25) is 4.31 Å². The number of tetrazole rings is 1. The third-order valence-electron chi connectivity index (χ3n) is 4.06. The zero-order valence-corrected chi connectivity index (χ0v) is 14.8. The first-order valence-electron chi connectivity index (χ1n) is 7.84. The fraction of sp³-hybridized carbons (Fsp3) is 0.0588. The molecule has 0 saturated heterocycles. The van der Waals surface area contributed by atoms with Gasteiger partial charge in [0.25, 0.3) is 10.0 Å². The number of fused-ring (bicyclic) bond motifs is 1. The lowest BCUT2D eigenvalue weighted by molar-refractivity contribution is 0.0690. The van der Waals surface area contributed by atoms with Crippen LogP contribution in [0.15, 0.2) is 59.5 Å². The number of nitrogens with zero attached hydrogens (tertiary/aromatic N) is 4. The zero-order chi connectivity index (χ0) is 19.0. The Bertz CT molecular complexity index is 1140. The number of aromatic nitrogens is 4. The number of carbonyl (C=O) groups is 1. The van der Waals surface area contributed by atoms with Crippen LogP contribution in [0.5, 0.6) is 0 Å². The molecule has 1 N–H and O–H groups in total. The number of hydrogen-bond acceptors (Lipinski definition) is 7. The first-order chi connectivity index (χ1) is 13.0. The normalized spacial score (nSPS) is 15.4. The minimum absolute atomic E-state index is 0.00793. The van der Waals surface area contributed by atoms with Gasteiger partial charge in [-0.2, -0.15) is 5.21 Å². The van der Waals surface area contributed by atoms with Crippen LogP contribution in [0.25, 0.3) is 11.5 Å². The number of esters is 1. The molecular formula is C17H13N5O4S. The molecule has 136 valence electrons. The molecule has 0 aliphatic carbocycles. The molecule has 1 aromatic heterocycles. The van der Waals surface area contributed by atoms with Crippen LogP contribution in [0, 0.1) is 0 Å². The number of aromatic amines is 1. The van der Waals surface area contributed by atoms with Crippen molar-refractivity contribution in [1.29, 1.82) is 0 Å². The highest BCUT2D eigenvalue weighted by molar-refractivity contribution is 7.89. The molecule has 0 atom stereocenters. The molecule has 0 amide bonds. The Morgan fingerprint density at radius 2 is 1.78 bits per heavy atom. The lowest BCUT2D eigenvalue weighted by atomic mass is 10.1. The quantitative estimate of drug-likeness (QED) is 0.681. The summed E-state index contributed by atoms with van der Waals surface area (Å²) in [6.45, 7) is 0. The van der Waals surface area contributed by atoms with Gasteiger partial charge < -0.3 is 4.74 Å². The fourth-order valence-corrected chi connectivity index (χ4v) is 4.14. The van der Waals surface area contributed by atoms with Crippen LogP contribution in [0.2, 0.25) is 0 Å². The molecule has 4 rings (SSSR count). The van der Waals surface area contributed by atoms with Gasteiger partial charge in [-0.15, -0.1) is 10.2 Å². The van der Waals surface area contributed by atoms with Crippen molar-refractivity contribution in [1.82, 2.24) is 24.9 Å². The molecule has 0 unspecified atom stereocenters. The van der Waals surface area contributed by atoms with E-state index < -0.39 is 16.0 Å². The molecular weight excluding hydrogens is 370 g/mol. The van der Waals surface area contributed by atoms with Gasteiger partial charge in [-0.1, -0.05) is 30.3 Å².